The molecule has 4 rings (SSSR count). The van der Waals surface area contributed by atoms with E-state index in [1.54, 1.807) is 6.07 Å². The number of aromatic nitrogens is 4. The van der Waals surface area contributed by atoms with Crippen LogP contribution in [0.15, 0.2) is 41.6 Å². The first-order valence-corrected chi connectivity index (χ1v) is 9.38. The third-order valence-corrected chi connectivity index (χ3v) is 5.27. The lowest BCUT2D eigenvalue weighted by molar-refractivity contribution is -0.133. The number of halogens is 1. The van der Waals surface area contributed by atoms with Crippen LogP contribution in [0, 0.1) is 5.92 Å². The van der Waals surface area contributed by atoms with Gasteiger partial charge in [-0.3, -0.25) is 14.2 Å². The van der Waals surface area contributed by atoms with E-state index in [1.165, 1.54) is 21.8 Å². The standard InChI is InChI=1S/C19H20ClN5O2/c1-13-5-4-8-23(10-13)17(26)11-24-12-21-18-14(19(24)27)9-22-25(18)16-7-3-2-6-15(16)20/h2-3,6-7,9,12-13H,4-5,8,10-11H2,1H3. The summed E-state index contributed by atoms with van der Waals surface area (Å²) in [6.45, 7) is 3.62. The molecule has 0 N–H and O–H groups in total. The molecule has 1 unspecified atom stereocenters. The Morgan fingerprint density at radius 2 is 2.15 bits per heavy atom. The van der Waals surface area contributed by atoms with Crippen molar-refractivity contribution < 1.29 is 4.79 Å². The van der Waals surface area contributed by atoms with Gasteiger partial charge in [-0.1, -0.05) is 30.7 Å². The topological polar surface area (TPSA) is 73.0 Å². The van der Waals surface area contributed by atoms with Gasteiger partial charge in [0.25, 0.3) is 5.56 Å². The first-order chi connectivity index (χ1) is 13.0. The molecule has 1 aromatic carbocycles. The molecule has 1 atom stereocenters. The van der Waals surface area contributed by atoms with E-state index in [1.807, 2.05) is 23.1 Å². The van der Waals surface area contributed by atoms with Crippen LogP contribution in [0.1, 0.15) is 19.8 Å². The molecule has 0 radical (unpaired) electrons. The number of amides is 1. The van der Waals surface area contributed by atoms with Crippen LogP contribution < -0.4 is 5.56 Å². The summed E-state index contributed by atoms with van der Waals surface area (Å²) in [5.41, 5.74) is 0.789. The minimum Gasteiger partial charge on any atom is -0.341 e. The molecule has 3 heterocycles. The van der Waals surface area contributed by atoms with E-state index in [9.17, 15) is 9.59 Å². The molecule has 1 aliphatic heterocycles. The summed E-state index contributed by atoms with van der Waals surface area (Å²) in [7, 11) is 0. The Hall–Kier alpha value is -2.67. The van der Waals surface area contributed by atoms with Crippen LogP contribution in [0.4, 0.5) is 0 Å². The molecule has 1 aliphatic rings. The van der Waals surface area contributed by atoms with Gasteiger partial charge in [-0.25, -0.2) is 9.67 Å². The smallest absolute Gasteiger partial charge is 0.264 e. The summed E-state index contributed by atoms with van der Waals surface area (Å²) < 4.78 is 2.89. The van der Waals surface area contributed by atoms with Gasteiger partial charge in [-0.05, 0) is 30.9 Å². The Bertz CT molecular complexity index is 1060. The molecular formula is C19H20ClN5O2. The van der Waals surface area contributed by atoms with Crippen LogP contribution in [0.5, 0.6) is 0 Å². The van der Waals surface area contributed by atoms with Crippen molar-refractivity contribution in [2.24, 2.45) is 5.92 Å². The average molecular weight is 386 g/mol. The van der Waals surface area contributed by atoms with Gasteiger partial charge < -0.3 is 4.90 Å². The highest BCUT2D eigenvalue weighted by Gasteiger charge is 2.22. The molecule has 8 heteroatoms. The number of para-hydroxylation sites is 1. The van der Waals surface area contributed by atoms with Crippen molar-refractivity contribution in [2.75, 3.05) is 13.1 Å². The number of benzene rings is 1. The molecule has 0 spiro atoms. The number of carbonyl (C=O) groups is 1. The lowest BCUT2D eigenvalue weighted by atomic mass is 10.0. The molecule has 7 nitrogen and oxygen atoms in total. The van der Waals surface area contributed by atoms with Crippen LogP contribution in [-0.2, 0) is 11.3 Å². The molecule has 2 aromatic heterocycles. The highest BCUT2D eigenvalue weighted by atomic mass is 35.5. The number of hydrogen-bond acceptors (Lipinski definition) is 4. The van der Waals surface area contributed by atoms with Crippen molar-refractivity contribution in [3.63, 3.8) is 0 Å². The third kappa shape index (κ3) is 3.35. The largest absolute Gasteiger partial charge is 0.341 e. The van der Waals surface area contributed by atoms with Gasteiger partial charge in [0.15, 0.2) is 5.65 Å². The summed E-state index contributed by atoms with van der Waals surface area (Å²) in [6.07, 6.45) is 5.02. The Labute approximate surface area is 161 Å². The molecule has 1 fully saturated rings. The van der Waals surface area contributed by atoms with Crippen molar-refractivity contribution in [2.45, 2.75) is 26.3 Å². The highest BCUT2D eigenvalue weighted by Crippen LogP contribution is 2.22. The highest BCUT2D eigenvalue weighted by molar-refractivity contribution is 6.32. The van der Waals surface area contributed by atoms with E-state index in [4.69, 9.17) is 11.6 Å². The zero-order valence-electron chi connectivity index (χ0n) is 15.0. The van der Waals surface area contributed by atoms with Gasteiger partial charge in [-0.15, -0.1) is 0 Å². The van der Waals surface area contributed by atoms with Crippen molar-refractivity contribution >= 4 is 28.5 Å². The summed E-state index contributed by atoms with van der Waals surface area (Å²) in [5, 5.41) is 5.14. The van der Waals surface area contributed by atoms with Crippen molar-refractivity contribution in [1.29, 1.82) is 0 Å². The molecular weight excluding hydrogens is 366 g/mol. The molecule has 0 aliphatic carbocycles. The number of rotatable bonds is 3. The van der Waals surface area contributed by atoms with Crippen molar-refractivity contribution in [1.82, 2.24) is 24.2 Å². The van der Waals surface area contributed by atoms with Gasteiger partial charge in [0.05, 0.1) is 16.9 Å². The van der Waals surface area contributed by atoms with Crippen LogP contribution in [-0.4, -0.2) is 43.2 Å². The zero-order chi connectivity index (χ0) is 19.0. The Morgan fingerprint density at radius 3 is 2.93 bits per heavy atom. The molecule has 0 saturated carbocycles. The lowest BCUT2D eigenvalue weighted by Gasteiger charge is -2.31. The zero-order valence-corrected chi connectivity index (χ0v) is 15.8. The number of nitrogens with zero attached hydrogens (tertiary/aromatic N) is 5. The second-order valence-corrected chi connectivity index (χ2v) is 7.42. The Balaban J connectivity index is 1.65. The fourth-order valence-corrected chi connectivity index (χ4v) is 3.74. The monoisotopic (exact) mass is 385 g/mol. The van der Waals surface area contributed by atoms with E-state index < -0.39 is 0 Å². The summed E-state index contributed by atoms with van der Waals surface area (Å²) in [5.74, 6) is 0.442. The predicted octanol–water partition coefficient (Wildman–Crippen LogP) is 2.49. The molecule has 27 heavy (non-hydrogen) atoms. The lowest BCUT2D eigenvalue weighted by Crippen LogP contribution is -2.42. The van der Waals surface area contributed by atoms with E-state index in [2.05, 4.69) is 17.0 Å². The van der Waals surface area contributed by atoms with Gasteiger partial charge in [0, 0.05) is 13.1 Å². The van der Waals surface area contributed by atoms with Gasteiger partial charge in [0.2, 0.25) is 5.91 Å². The number of likely N-dealkylation sites (tertiary alicyclic amines) is 1. The second-order valence-electron chi connectivity index (χ2n) is 7.01. The fourth-order valence-electron chi connectivity index (χ4n) is 3.52. The SMILES string of the molecule is CC1CCCN(C(=O)Cn2cnc3c(cnn3-c3ccccc3Cl)c2=O)C1. The van der Waals surface area contributed by atoms with Crippen LogP contribution in [0.2, 0.25) is 5.02 Å². The van der Waals surface area contributed by atoms with Gasteiger partial charge >= 0.3 is 0 Å². The summed E-state index contributed by atoms with van der Waals surface area (Å²) in [6, 6.07) is 7.23. The second kappa shape index (κ2) is 7.15. The van der Waals surface area contributed by atoms with Crippen molar-refractivity contribution in [3.05, 3.63) is 52.2 Å². The first-order valence-electron chi connectivity index (χ1n) is 9.00. The molecule has 140 valence electrons. The predicted molar refractivity (Wildman–Crippen MR) is 103 cm³/mol. The van der Waals surface area contributed by atoms with Crippen molar-refractivity contribution in [3.8, 4) is 5.69 Å². The number of carbonyl (C=O) groups excluding carboxylic acids is 1. The van der Waals surface area contributed by atoms with E-state index in [-0.39, 0.29) is 18.0 Å². The maximum atomic E-state index is 12.8. The minimum atomic E-state index is -0.281. The minimum absolute atomic E-state index is 0.00817. The molecule has 1 amide bonds. The summed E-state index contributed by atoms with van der Waals surface area (Å²) in [4.78, 5) is 31.6. The Morgan fingerprint density at radius 1 is 1.33 bits per heavy atom. The Kier molecular flexibility index (Phi) is 4.70. The van der Waals surface area contributed by atoms with E-state index >= 15 is 0 Å². The fraction of sp³-hybridized carbons (Fsp3) is 0.368. The first kappa shape index (κ1) is 17.7. The van der Waals surface area contributed by atoms with E-state index in [0.29, 0.717) is 27.7 Å². The maximum Gasteiger partial charge on any atom is 0.264 e. The third-order valence-electron chi connectivity index (χ3n) is 4.95. The number of piperidine rings is 1. The molecule has 1 saturated heterocycles. The molecule has 3 aromatic rings. The summed E-state index contributed by atoms with van der Waals surface area (Å²) >= 11 is 6.23. The van der Waals surface area contributed by atoms with Crippen LogP contribution in [0.25, 0.3) is 16.7 Å². The number of hydrogen-bond donors (Lipinski definition) is 0. The van der Waals surface area contributed by atoms with Crippen LogP contribution >= 0.6 is 11.6 Å². The maximum absolute atomic E-state index is 12.8. The van der Waals surface area contributed by atoms with Crippen LogP contribution in [0.3, 0.4) is 0 Å². The van der Waals surface area contributed by atoms with Gasteiger partial charge in [-0.2, -0.15) is 5.10 Å². The quantitative estimate of drug-likeness (QED) is 0.694. The molecule has 0 bridgehead atoms. The number of fused-ring (bicyclic) bond motifs is 1. The normalized spacial score (nSPS) is 17.4. The average Bonchev–Trinajstić information content (AvgIpc) is 3.09. The van der Waals surface area contributed by atoms with Gasteiger partial charge in [0.1, 0.15) is 18.3 Å². The van der Waals surface area contributed by atoms with E-state index in [0.717, 1.165) is 25.9 Å².